The van der Waals surface area contributed by atoms with E-state index in [4.69, 9.17) is 9.72 Å². The average molecular weight is 445 g/mol. The van der Waals surface area contributed by atoms with Gasteiger partial charge in [-0.3, -0.25) is 9.78 Å². The molecule has 1 N–H and O–H groups in total. The van der Waals surface area contributed by atoms with Crippen LogP contribution in [0.3, 0.4) is 0 Å². The highest BCUT2D eigenvalue weighted by Crippen LogP contribution is 2.40. The maximum absolute atomic E-state index is 12.7. The molecule has 172 valence electrons. The van der Waals surface area contributed by atoms with E-state index in [0.29, 0.717) is 25.3 Å². The van der Waals surface area contributed by atoms with Crippen LogP contribution in [-0.2, 0) is 11.2 Å². The fourth-order valence-electron chi connectivity index (χ4n) is 4.46. The third kappa shape index (κ3) is 5.75. The maximum atomic E-state index is 12.7. The van der Waals surface area contributed by atoms with E-state index in [2.05, 4.69) is 42.1 Å². The minimum Gasteiger partial charge on any atom is -0.493 e. The molecule has 1 aliphatic rings. The lowest BCUT2D eigenvalue weighted by Crippen LogP contribution is -2.37. The van der Waals surface area contributed by atoms with Gasteiger partial charge in [-0.2, -0.15) is 0 Å². The second-order valence-corrected chi connectivity index (χ2v) is 9.72. The van der Waals surface area contributed by atoms with E-state index in [-0.39, 0.29) is 17.4 Å². The summed E-state index contributed by atoms with van der Waals surface area (Å²) in [5.41, 5.74) is 5.35. The van der Waals surface area contributed by atoms with Crippen LogP contribution in [0.1, 0.15) is 61.5 Å². The Morgan fingerprint density at radius 3 is 2.73 bits per heavy atom. The van der Waals surface area contributed by atoms with Crippen LogP contribution in [0.15, 0.2) is 48.9 Å². The number of ether oxygens (including phenoxy) is 1. The summed E-state index contributed by atoms with van der Waals surface area (Å²) in [6, 6.07) is 9.88. The van der Waals surface area contributed by atoms with E-state index < -0.39 is 0 Å². The summed E-state index contributed by atoms with van der Waals surface area (Å²) in [4.78, 5) is 26.2. The zero-order chi connectivity index (χ0) is 23.4. The van der Waals surface area contributed by atoms with Gasteiger partial charge in [0, 0.05) is 36.1 Å². The smallest absolute Gasteiger partial charge is 0.220 e. The van der Waals surface area contributed by atoms with E-state index >= 15 is 0 Å². The third-order valence-electron chi connectivity index (χ3n) is 6.09. The van der Waals surface area contributed by atoms with Crippen molar-refractivity contribution in [3.8, 4) is 17.1 Å². The van der Waals surface area contributed by atoms with Gasteiger partial charge in [-0.05, 0) is 62.3 Å². The molecule has 1 aromatic carbocycles. The van der Waals surface area contributed by atoms with Gasteiger partial charge in [0.2, 0.25) is 5.91 Å². The highest BCUT2D eigenvalue weighted by atomic mass is 16.5. The molecular formula is C27H32N4O2. The fourth-order valence-corrected chi connectivity index (χ4v) is 4.46. The molecule has 4 rings (SSSR count). The first-order chi connectivity index (χ1) is 15.8. The van der Waals surface area contributed by atoms with Crippen molar-refractivity contribution in [1.29, 1.82) is 0 Å². The Morgan fingerprint density at radius 1 is 1.18 bits per heavy atom. The van der Waals surface area contributed by atoms with Crippen LogP contribution < -0.4 is 10.1 Å². The molecule has 0 fully saturated rings. The van der Waals surface area contributed by atoms with Gasteiger partial charge in [-0.1, -0.05) is 31.5 Å². The van der Waals surface area contributed by atoms with Crippen molar-refractivity contribution in [2.24, 2.45) is 5.41 Å². The fraction of sp³-hybridized carbons (Fsp3) is 0.407. The van der Waals surface area contributed by atoms with Gasteiger partial charge >= 0.3 is 0 Å². The van der Waals surface area contributed by atoms with Gasteiger partial charge in [0.25, 0.3) is 0 Å². The minimum absolute atomic E-state index is 0.0334. The number of rotatable bonds is 7. The monoisotopic (exact) mass is 444 g/mol. The van der Waals surface area contributed by atoms with Crippen LogP contribution in [0.5, 0.6) is 5.75 Å². The summed E-state index contributed by atoms with van der Waals surface area (Å²) in [5.74, 6) is 1.61. The highest BCUT2D eigenvalue weighted by Gasteiger charge is 2.34. The first-order valence-corrected chi connectivity index (χ1v) is 11.6. The molecule has 6 nitrogen and oxygen atoms in total. The predicted octanol–water partition coefficient (Wildman–Crippen LogP) is 5.14. The van der Waals surface area contributed by atoms with Crippen LogP contribution in [0.2, 0.25) is 0 Å². The number of carbonyl (C=O) groups is 1. The topological polar surface area (TPSA) is 77.0 Å². The summed E-state index contributed by atoms with van der Waals surface area (Å²) in [6.45, 7) is 9.07. The summed E-state index contributed by atoms with van der Waals surface area (Å²) < 4.78 is 5.87. The van der Waals surface area contributed by atoms with E-state index in [0.717, 1.165) is 41.0 Å². The maximum Gasteiger partial charge on any atom is 0.220 e. The zero-order valence-electron chi connectivity index (χ0n) is 19.9. The van der Waals surface area contributed by atoms with Gasteiger partial charge in [-0.15, -0.1) is 0 Å². The number of fused-ring (bicyclic) bond motifs is 1. The molecule has 1 amide bonds. The number of carbonyl (C=O) groups excluding carboxylic acids is 1. The third-order valence-corrected chi connectivity index (χ3v) is 6.09. The number of hydrogen-bond acceptors (Lipinski definition) is 5. The van der Waals surface area contributed by atoms with E-state index in [1.807, 2.05) is 37.4 Å². The Balaban J connectivity index is 1.38. The van der Waals surface area contributed by atoms with Crippen LogP contribution >= 0.6 is 0 Å². The molecule has 1 unspecified atom stereocenters. The molecule has 0 saturated heterocycles. The molecule has 1 aliphatic carbocycles. The second-order valence-electron chi connectivity index (χ2n) is 9.72. The first kappa shape index (κ1) is 22.9. The lowest BCUT2D eigenvalue weighted by Gasteiger charge is -2.36. The number of aryl methyl sites for hydroxylation is 2. The van der Waals surface area contributed by atoms with Crippen molar-refractivity contribution in [2.45, 2.75) is 59.4 Å². The number of nitrogens with one attached hydrogen (secondary N) is 1. The molecular weight excluding hydrogens is 412 g/mol. The van der Waals surface area contributed by atoms with Gasteiger partial charge < -0.3 is 10.1 Å². The molecule has 0 spiro atoms. The molecule has 33 heavy (non-hydrogen) atoms. The Kier molecular flexibility index (Phi) is 6.72. The average Bonchev–Trinajstić information content (AvgIpc) is 2.77. The van der Waals surface area contributed by atoms with Gasteiger partial charge in [-0.25, -0.2) is 9.97 Å². The van der Waals surface area contributed by atoms with Crippen LogP contribution in [-0.4, -0.2) is 27.5 Å². The summed E-state index contributed by atoms with van der Waals surface area (Å²) in [6.07, 6.45) is 8.18. The summed E-state index contributed by atoms with van der Waals surface area (Å²) >= 11 is 0. The van der Waals surface area contributed by atoms with Crippen molar-refractivity contribution < 1.29 is 9.53 Å². The highest BCUT2D eigenvalue weighted by molar-refractivity contribution is 5.76. The van der Waals surface area contributed by atoms with Crippen molar-refractivity contribution in [1.82, 2.24) is 20.3 Å². The van der Waals surface area contributed by atoms with E-state index in [9.17, 15) is 4.79 Å². The van der Waals surface area contributed by atoms with Gasteiger partial charge in [0.05, 0.1) is 18.3 Å². The van der Waals surface area contributed by atoms with Crippen LogP contribution in [0.25, 0.3) is 11.4 Å². The Hall–Kier alpha value is -3.28. The molecule has 0 aliphatic heterocycles. The molecule has 2 heterocycles. The molecule has 0 radical (unpaired) electrons. The largest absolute Gasteiger partial charge is 0.493 e. The molecule has 2 aromatic heterocycles. The number of aromatic nitrogens is 3. The molecule has 1 atom stereocenters. The van der Waals surface area contributed by atoms with Crippen LogP contribution in [0, 0.1) is 19.3 Å². The molecule has 0 saturated carbocycles. The SMILES string of the molecule is Cc1ccc(OCCCC(=O)NC2CC(C)(C)Cc3nc(-c4ccncc4)ncc32)c(C)c1. The number of amides is 1. The Bertz CT molecular complexity index is 1130. The van der Waals surface area contributed by atoms with E-state index in [1.54, 1.807) is 12.4 Å². The number of nitrogens with zero attached hydrogens (tertiary/aromatic N) is 3. The lowest BCUT2D eigenvalue weighted by atomic mass is 9.74. The molecule has 3 aromatic rings. The minimum atomic E-state index is -0.0806. The van der Waals surface area contributed by atoms with Gasteiger partial charge in [0.1, 0.15) is 5.75 Å². The quantitative estimate of drug-likeness (QED) is 0.510. The van der Waals surface area contributed by atoms with Gasteiger partial charge in [0.15, 0.2) is 5.82 Å². The number of benzene rings is 1. The van der Waals surface area contributed by atoms with Crippen molar-refractivity contribution in [3.05, 3.63) is 71.3 Å². The van der Waals surface area contributed by atoms with Crippen LogP contribution in [0.4, 0.5) is 0 Å². The summed E-state index contributed by atoms with van der Waals surface area (Å²) in [7, 11) is 0. The second kappa shape index (κ2) is 9.69. The summed E-state index contributed by atoms with van der Waals surface area (Å²) in [5, 5.41) is 3.22. The lowest BCUT2D eigenvalue weighted by molar-refractivity contribution is -0.122. The zero-order valence-corrected chi connectivity index (χ0v) is 19.9. The van der Waals surface area contributed by atoms with E-state index in [1.165, 1.54) is 5.56 Å². The normalized spacial score (nSPS) is 16.7. The molecule has 0 bridgehead atoms. The Morgan fingerprint density at radius 2 is 1.97 bits per heavy atom. The molecule has 6 heteroatoms. The number of hydrogen-bond donors (Lipinski definition) is 1. The van der Waals surface area contributed by atoms with Crippen molar-refractivity contribution >= 4 is 5.91 Å². The Labute approximate surface area is 195 Å². The van der Waals surface area contributed by atoms with Crippen molar-refractivity contribution in [3.63, 3.8) is 0 Å². The standard InChI is InChI=1S/C27H32N4O2/c1-18-7-8-24(19(2)14-18)33-13-5-6-25(32)30-22-15-27(3,4)16-23-21(22)17-29-26(31-23)20-9-11-28-12-10-20/h7-12,14,17,22H,5-6,13,15-16H2,1-4H3,(H,30,32). The number of pyridine rings is 1. The first-order valence-electron chi connectivity index (χ1n) is 11.6. The van der Waals surface area contributed by atoms with Crippen molar-refractivity contribution in [2.75, 3.05) is 6.61 Å². The predicted molar refractivity (Wildman–Crippen MR) is 129 cm³/mol.